The molecule has 2 amide bonds. The van der Waals surface area contributed by atoms with Gasteiger partial charge >= 0.3 is 12.0 Å². The number of hydrogen-bond acceptors (Lipinski definition) is 3. The molecule has 0 spiro atoms. The van der Waals surface area contributed by atoms with E-state index in [1.807, 2.05) is 0 Å². The van der Waals surface area contributed by atoms with Crippen LogP contribution in [0, 0.1) is 0 Å². The normalized spacial score (nSPS) is 18.5. The van der Waals surface area contributed by atoms with Gasteiger partial charge in [-0.15, -0.1) is 0 Å². The number of carbonyl (C=O) groups excluding carboxylic acids is 1. The minimum absolute atomic E-state index is 0.134. The van der Waals surface area contributed by atoms with Crippen molar-refractivity contribution >= 4 is 12.0 Å². The van der Waals surface area contributed by atoms with Crippen LogP contribution in [0.1, 0.15) is 26.2 Å². The lowest BCUT2D eigenvalue weighted by molar-refractivity contribution is -0.139. The molecule has 0 aromatic rings. The molecular weight excluding hydrogens is 224 g/mol. The lowest BCUT2D eigenvalue weighted by atomic mass is 10.1. The van der Waals surface area contributed by atoms with Crippen LogP contribution < -0.4 is 5.32 Å². The van der Waals surface area contributed by atoms with E-state index in [4.69, 9.17) is 9.84 Å². The number of carbonyl (C=O) groups is 2. The Bertz CT molecular complexity index is 277. The number of urea groups is 1. The second kappa shape index (κ2) is 6.44. The van der Waals surface area contributed by atoms with Crippen LogP contribution in [-0.4, -0.2) is 54.4 Å². The van der Waals surface area contributed by atoms with Gasteiger partial charge in [-0.1, -0.05) is 6.92 Å². The van der Waals surface area contributed by atoms with Gasteiger partial charge in [-0.05, 0) is 19.3 Å². The Balaban J connectivity index is 2.47. The van der Waals surface area contributed by atoms with Crippen LogP contribution in [0.3, 0.4) is 0 Å². The third-order valence-corrected chi connectivity index (χ3v) is 3.06. The molecule has 1 heterocycles. The van der Waals surface area contributed by atoms with E-state index in [1.54, 1.807) is 18.9 Å². The van der Waals surface area contributed by atoms with E-state index in [0.717, 1.165) is 12.8 Å². The van der Waals surface area contributed by atoms with Gasteiger partial charge in [0.15, 0.2) is 0 Å². The van der Waals surface area contributed by atoms with Crippen molar-refractivity contribution < 1.29 is 19.4 Å². The maximum atomic E-state index is 11.8. The predicted octanol–water partition coefficient (Wildman–Crippen LogP) is 0.670. The molecule has 1 rings (SSSR count). The second-order valence-corrected chi connectivity index (χ2v) is 4.20. The van der Waals surface area contributed by atoms with Crippen LogP contribution in [0.15, 0.2) is 0 Å². The highest BCUT2D eigenvalue weighted by Gasteiger charge is 2.25. The van der Waals surface area contributed by atoms with E-state index in [2.05, 4.69) is 5.32 Å². The number of amides is 2. The highest BCUT2D eigenvalue weighted by molar-refractivity contribution is 5.82. The number of nitrogens with one attached hydrogen (secondary N) is 1. The van der Waals surface area contributed by atoms with E-state index in [-0.39, 0.29) is 12.1 Å². The van der Waals surface area contributed by atoms with E-state index in [1.165, 1.54) is 0 Å². The molecule has 0 unspecified atom stereocenters. The van der Waals surface area contributed by atoms with Crippen LogP contribution in [0.5, 0.6) is 0 Å². The Kier molecular flexibility index (Phi) is 5.21. The van der Waals surface area contributed by atoms with Gasteiger partial charge in [0.2, 0.25) is 0 Å². The Hall–Kier alpha value is -1.30. The Labute approximate surface area is 101 Å². The van der Waals surface area contributed by atoms with Crippen molar-refractivity contribution in [3.63, 3.8) is 0 Å². The second-order valence-electron chi connectivity index (χ2n) is 4.20. The zero-order valence-corrected chi connectivity index (χ0v) is 10.3. The zero-order chi connectivity index (χ0) is 12.8. The zero-order valence-electron chi connectivity index (χ0n) is 10.3. The van der Waals surface area contributed by atoms with Crippen LogP contribution in [-0.2, 0) is 9.53 Å². The largest absolute Gasteiger partial charge is 0.480 e. The fourth-order valence-corrected chi connectivity index (χ4v) is 1.83. The van der Waals surface area contributed by atoms with Crippen molar-refractivity contribution in [2.24, 2.45) is 0 Å². The van der Waals surface area contributed by atoms with E-state index in [9.17, 15) is 9.59 Å². The Morgan fingerprint density at radius 3 is 2.53 bits per heavy atom. The first-order valence-corrected chi connectivity index (χ1v) is 5.90. The molecule has 0 radical (unpaired) electrons. The van der Waals surface area contributed by atoms with Crippen LogP contribution >= 0.6 is 0 Å². The quantitative estimate of drug-likeness (QED) is 0.762. The van der Waals surface area contributed by atoms with Gasteiger partial charge in [0.05, 0.1) is 0 Å². The molecule has 0 aromatic heterocycles. The smallest absolute Gasteiger partial charge is 0.326 e. The van der Waals surface area contributed by atoms with Gasteiger partial charge < -0.3 is 20.1 Å². The first-order valence-electron chi connectivity index (χ1n) is 5.90. The van der Waals surface area contributed by atoms with Crippen molar-refractivity contribution in [2.75, 3.05) is 20.3 Å². The van der Waals surface area contributed by atoms with Crippen LogP contribution in [0.2, 0.25) is 0 Å². The number of carboxylic acids is 1. The van der Waals surface area contributed by atoms with Crippen molar-refractivity contribution in [1.82, 2.24) is 10.2 Å². The number of ether oxygens (including phenoxy) is 1. The minimum Gasteiger partial charge on any atom is -0.480 e. The van der Waals surface area contributed by atoms with Gasteiger partial charge in [0, 0.05) is 26.3 Å². The van der Waals surface area contributed by atoms with Crippen molar-refractivity contribution in [1.29, 1.82) is 0 Å². The summed E-state index contributed by atoms with van der Waals surface area (Å²) in [5.74, 6) is -0.999. The summed E-state index contributed by atoms with van der Waals surface area (Å²) in [6.45, 7) is 3.03. The SMILES string of the molecule is CC[C@@H](NC(=O)N(C)C1CCOCC1)C(=O)O. The van der Waals surface area contributed by atoms with Gasteiger partial charge in [-0.2, -0.15) is 0 Å². The summed E-state index contributed by atoms with van der Waals surface area (Å²) >= 11 is 0. The number of rotatable bonds is 4. The Morgan fingerprint density at radius 1 is 1.47 bits per heavy atom. The highest BCUT2D eigenvalue weighted by atomic mass is 16.5. The minimum atomic E-state index is -0.999. The van der Waals surface area contributed by atoms with Crippen molar-refractivity contribution in [3.05, 3.63) is 0 Å². The topological polar surface area (TPSA) is 78.9 Å². The molecule has 17 heavy (non-hydrogen) atoms. The van der Waals surface area contributed by atoms with Crippen LogP contribution in [0.4, 0.5) is 4.79 Å². The van der Waals surface area contributed by atoms with Gasteiger partial charge in [-0.3, -0.25) is 0 Å². The number of carboxylic acid groups (broad SMARTS) is 1. The molecule has 6 heteroatoms. The summed E-state index contributed by atoms with van der Waals surface area (Å²) in [6.07, 6.45) is 1.98. The van der Waals surface area contributed by atoms with Gasteiger partial charge in [0.1, 0.15) is 6.04 Å². The summed E-state index contributed by atoms with van der Waals surface area (Å²) in [7, 11) is 1.69. The molecule has 1 aliphatic heterocycles. The lowest BCUT2D eigenvalue weighted by Gasteiger charge is -2.31. The van der Waals surface area contributed by atoms with Crippen LogP contribution in [0.25, 0.3) is 0 Å². The van der Waals surface area contributed by atoms with Gasteiger partial charge in [0.25, 0.3) is 0 Å². The summed E-state index contributed by atoms with van der Waals surface area (Å²) in [5.41, 5.74) is 0. The molecule has 6 nitrogen and oxygen atoms in total. The Morgan fingerprint density at radius 2 is 2.06 bits per heavy atom. The maximum Gasteiger partial charge on any atom is 0.326 e. The molecule has 2 N–H and O–H groups in total. The molecule has 0 bridgehead atoms. The molecule has 1 aliphatic rings. The predicted molar refractivity (Wildman–Crippen MR) is 61.9 cm³/mol. The first-order chi connectivity index (χ1) is 8.06. The summed E-state index contributed by atoms with van der Waals surface area (Å²) in [4.78, 5) is 24.2. The fraction of sp³-hybridized carbons (Fsp3) is 0.818. The number of aliphatic carboxylic acids is 1. The molecule has 1 atom stereocenters. The van der Waals surface area contributed by atoms with Crippen molar-refractivity contribution in [2.45, 2.75) is 38.3 Å². The summed E-state index contributed by atoms with van der Waals surface area (Å²) in [5, 5.41) is 11.4. The molecule has 98 valence electrons. The summed E-state index contributed by atoms with van der Waals surface area (Å²) in [6, 6.07) is -1.01. The molecule has 0 saturated carbocycles. The standard InChI is InChI=1S/C11H20N2O4/c1-3-9(10(14)15)12-11(16)13(2)8-4-6-17-7-5-8/h8-9H,3-7H2,1-2H3,(H,12,16)(H,14,15)/t9-/m1/s1. The average Bonchev–Trinajstić information content (AvgIpc) is 2.35. The van der Waals surface area contributed by atoms with E-state index < -0.39 is 12.0 Å². The fourth-order valence-electron chi connectivity index (χ4n) is 1.83. The first kappa shape index (κ1) is 13.8. The highest BCUT2D eigenvalue weighted by Crippen LogP contribution is 2.12. The summed E-state index contributed by atoms with van der Waals surface area (Å²) < 4.78 is 5.22. The molecule has 1 fully saturated rings. The van der Waals surface area contributed by atoms with E-state index >= 15 is 0 Å². The average molecular weight is 244 g/mol. The number of nitrogens with zero attached hydrogens (tertiary/aromatic N) is 1. The molecule has 0 aliphatic carbocycles. The van der Waals surface area contributed by atoms with Crippen molar-refractivity contribution in [3.8, 4) is 0 Å². The lowest BCUT2D eigenvalue weighted by Crippen LogP contribution is -2.50. The third-order valence-electron chi connectivity index (χ3n) is 3.06. The molecular formula is C11H20N2O4. The third kappa shape index (κ3) is 3.89. The monoisotopic (exact) mass is 244 g/mol. The molecule has 0 aromatic carbocycles. The maximum absolute atomic E-state index is 11.8. The van der Waals surface area contributed by atoms with E-state index in [0.29, 0.717) is 19.6 Å². The van der Waals surface area contributed by atoms with Gasteiger partial charge in [-0.25, -0.2) is 9.59 Å². The number of hydrogen-bond donors (Lipinski definition) is 2. The molecule has 1 saturated heterocycles.